The zero-order chi connectivity index (χ0) is 14.5. The zero-order valence-electron chi connectivity index (χ0n) is 10.6. The Labute approximate surface area is 124 Å². The SMILES string of the molecule is N#Cc1ccc(F)c(COc2ccc(Br)cc2CN)c1. The number of nitrogens with zero attached hydrogens (tertiary/aromatic N) is 1. The summed E-state index contributed by atoms with van der Waals surface area (Å²) < 4.78 is 20.1. The molecule has 0 amide bonds. The summed E-state index contributed by atoms with van der Waals surface area (Å²) in [5, 5.41) is 8.82. The van der Waals surface area contributed by atoms with Crippen molar-refractivity contribution in [3.63, 3.8) is 0 Å². The Morgan fingerprint density at radius 3 is 2.70 bits per heavy atom. The average molecular weight is 335 g/mol. The largest absolute Gasteiger partial charge is 0.488 e. The van der Waals surface area contributed by atoms with Gasteiger partial charge < -0.3 is 10.5 Å². The number of nitriles is 1. The Hall–Kier alpha value is -1.90. The second-order valence-electron chi connectivity index (χ2n) is 4.16. The molecule has 20 heavy (non-hydrogen) atoms. The molecule has 2 N–H and O–H groups in total. The summed E-state index contributed by atoms with van der Waals surface area (Å²) in [5.74, 6) is 0.216. The highest BCUT2D eigenvalue weighted by Gasteiger charge is 2.07. The van der Waals surface area contributed by atoms with Crippen molar-refractivity contribution in [1.82, 2.24) is 0 Å². The maximum atomic E-state index is 13.6. The van der Waals surface area contributed by atoms with Crippen LogP contribution < -0.4 is 10.5 Å². The van der Waals surface area contributed by atoms with Gasteiger partial charge in [-0.25, -0.2) is 4.39 Å². The predicted molar refractivity (Wildman–Crippen MR) is 77.5 cm³/mol. The van der Waals surface area contributed by atoms with Crippen LogP contribution in [0.15, 0.2) is 40.9 Å². The molecular weight excluding hydrogens is 323 g/mol. The van der Waals surface area contributed by atoms with Crippen LogP contribution >= 0.6 is 15.9 Å². The fourth-order valence-electron chi connectivity index (χ4n) is 1.76. The Balaban J connectivity index is 2.19. The first-order valence-corrected chi connectivity index (χ1v) is 6.73. The lowest BCUT2D eigenvalue weighted by Crippen LogP contribution is -2.04. The van der Waals surface area contributed by atoms with Crippen LogP contribution in [0.25, 0.3) is 0 Å². The molecule has 0 saturated heterocycles. The number of halogens is 2. The monoisotopic (exact) mass is 334 g/mol. The first-order valence-electron chi connectivity index (χ1n) is 5.94. The van der Waals surface area contributed by atoms with Crippen LogP contribution in [0, 0.1) is 17.1 Å². The number of rotatable bonds is 4. The van der Waals surface area contributed by atoms with Gasteiger partial charge in [0.2, 0.25) is 0 Å². The second kappa shape index (κ2) is 6.51. The highest BCUT2D eigenvalue weighted by atomic mass is 79.9. The molecule has 0 saturated carbocycles. The van der Waals surface area contributed by atoms with E-state index in [1.54, 1.807) is 6.07 Å². The lowest BCUT2D eigenvalue weighted by molar-refractivity contribution is 0.296. The molecule has 0 aliphatic carbocycles. The lowest BCUT2D eigenvalue weighted by atomic mass is 10.1. The Morgan fingerprint density at radius 2 is 2.00 bits per heavy atom. The van der Waals surface area contributed by atoms with Gasteiger partial charge in [-0.1, -0.05) is 15.9 Å². The number of hydrogen-bond donors (Lipinski definition) is 1. The summed E-state index contributed by atoms with van der Waals surface area (Å²) in [7, 11) is 0. The van der Waals surface area contributed by atoms with E-state index in [4.69, 9.17) is 15.7 Å². The third kappa shape index (κ3) is 3.35. The molecule has 0 aliphatic heterocycles. The molecule has 2 aromatic carbocycles. The van der Waals surface area contributed by atoms with Crippen LogP contribution in [0.1, 0.15) is 16.7 Å². The van der Waals surface area contributed by atoms with Gasteiger partial charge >= 0.3 is 0 Å². The minimum atomic E-state index is -0.393. The van der Waals surface area contributed by atoms with Crippen molar-refractivity contribution < 1.29 is 9.13 Å². The van der Waals surface area contributed by atoms with E-state index in [2.05, 4.69) is 15.9 Å². The van der Waals surface area contributed by atoms with Crippen molar-refractivity contribution in [2.24, 2.45) is 5.73 Å². The Kier molecular flexibility index (Phi) is 4.72. The van der Waals surface area contributed by atoms with Gasteiger partial charge in [0.1, 0.15) is 18.2 Å². The quantitative estimate of drug-likeness (QED) is 0.930. The van der Waals surface area contributed by atoms with Gasteiger partial charge in [0.15, 0.2) is 0 Å². The molecule has 0 aliphatic rings. The first-order chi connectivity index (χ1) is 9.63. The normalized spacial score (nSPS) is 10.1. The number of benzene rings is 2. The topological polar surface area (TPSA) is 59.0 Å². The molecule has 5 heteroatoms. The molecule has 0 radical (unpaired) electrons. The minimum absolute atomic E-state index is 0.0516. The minimum Gasteiger partial charge on any atom is -0.488 e. The van der Waals surface area contributed by atoms with Crippen molar-refractivity contribution >= 4 is 15.9 Å². The van der Waals surface area contributed by atoms with Gasteiger partial charge in [-0.2, -0.15) is 5.26 Å². The summed E-state index contributed by atoms with van der Waals surface area (Å²) in [4.78, 5) is 0. The van der Waals surface area contributed by atoms with E-state index >= 15 is 0 Å². The molecule has 0 spiro atoms. The number of nitrogens with two attached hydrogens (primary N) is 1. The second-order valence-corrected chi connectivity index (χ2v) is 5.08. The summed E-state index contributed by atoms with van der Waals surface area (Å²) >= 11 is 3.36. The summed E-state index contributed by atoms with van der Waals surface area (Å²) in [6.45, 7) is 0.380. The molecular formula is C15H12BrFN2O. The van der Waals surface area contributed by atoms with Crippen LogP contribution in [-0.4, -0.2) is 0 Å². The number of ether oxygens (including phenoxy) is 1. The molecule has 2 rings (SSSR count). The zero-order valence-corrected chi connectivity index (χ0v) is 12.2. The van der Waals surface area contributed by atoms with E-state index in [0.717, 1.165) is 10.0 Å². The fourth-order valence-corrected chi connectivity index (χ4v) is 2.17. The maximum Gasteiger partial charge on any atom is 0.129 e. The molecule has 0 heterocycles. The molecule has 3 nitrogen and oxygen atoms in total. The molecule has 0 aromatic heterocycles. The molecule has 2 aromatic rings. The molecule has 102 valence electrons. The predicted octanol–water partition coefficient (Wildman–Crippen LogP) is 3.50. The van der Waals surface area contributed by atoms with E-state index in [-0.39, 0.29) is 6.61 Å². The van der Waals surface area contributed by atoms with Crippen LogP contribution in [0.2, 0.25) is 0 Å². The highest BCUT2D eigenvalue weighted by molar-refractivity contribution is 9.10. The van der Waals surface area contributed by atoms with E-state index in [1.165, 1.54) is 18.2 Å². The molecule has 0 fully saturated rings. The summed E-state index contributed by atoms with van der Waals surface area (Å²) in [6, 6.07) is 11.6. The van der Waals surface area contributed by atoms with E-state index in [9.17, 15) is 4.39 Å². The van der Waals surface area contributed by atoms with Crippen LogP contribution in [-0.2, 0) is 13.2 Å². The summed E-state index contributed by atoms with van der Waals surface area (Å²) in [6.07, 6.45) is 0. The number of hydrogen-bond acceptors (Lipinski definition) is 3. The maximum absolute atomic E-state index is 13.6. The van der Waals surface area contributed by atoms with Crippen molar-refractivity contribution in [2.45, 2.75) is 13.2 Å². The Morgan fingerprint density at radius 1 is 1.20 bits per heavy atom. The first kappa shape index (κ1) is 14.5. The lowest BCUT2D eigenvalue weighted by Gasteiger charge is -2.11. The Bertz CT molecular complexity index is 667. The van der Waals surface area contributed by atoms with Crippen LogP contribution in [0.5, 0.6) is 5.75 Å². The van der Waals surface area contributed by atoms with Crippen molar-refractivity contribution in [2.75, 3.05) is 0 Å². The van der Waals surface area contributed by atoms with E-state index in [0.29, 0.717) is 23.4 Å². The van der Waals surface area contributed by atoms with Gasteiger partial charge in [0.25, 0.3) is 0 Å². The molecule has 0 bridgehead atoms. The van der Waals surface area contributed by atoms with Gasteiger partial charge in [0, 0.05) is 22.1 Å². The van der Waals surface area contributed by atoms with Crippen molar-refractivity contribution in [1.29, 1.82) is 5.26 Å². The van der Waals surface area contributed by atoms with Gasteiger partial charge in [-0.05, 0) is 36.4 Å². The average Bonchev–Trinajstić information content (AvgIpc) is 2.47. The third-order valence-corrected chi connectivity index (χ3v) is 3.29. The molecule has 0 atom stereocenters. The van der Waals surface area contributed by atoms with Gasteiger partial charge in [0.05, 0.1) is 11.6 Å². The van der Waals surface area contributed by atoms with Crippen molar-refractivity contribution in [3.8, 4) is 11.8 Å². The van der Waals surface area contributed by atoms with Crippen LogP contribution in [0.4, 0.5) is 4.39 Å². The highest BCUT2D eigenvalue weighted by Crippen LogP contribution is 2.24. The van der Waals surface area contributed by atoms with E-state index < -0.39 is 5.82 Å². The van der Waals surface area contributed by atoms with Crippen LogP contribution in [0.3, 0.4) is 0 Å². The summed E-state index contributed by atoms with van der Waals surface area (Å²) in [5.41, 5.74) is 7.22. The fraction of sp³-hybridized carbons (Fsp3) is 0.133. The molecule has 0 unspecified atom stereocenters. The van der Waals surface area contributed by atoms with Crippen molar-refractivity contribution in [3.05, 3.63) is 63.4 Å². The van der Waals surface area contributed by atoms with Gasteiger partial charge in [-0.3, -0.25) is 0 Å². The third-order valence-electron chi connectivity index (χ3n) is 2.80. The smallest absolute Gasteiger partial charge is 0.129 e. The standard InChI is InChI=1S/C15H12BrFN2O/c16-13-2-4-15(11(6-13)8-19)20-9-12-5-10(7-18)1-3-14(12)17/h1-6H,8-9,19H2. The van der Waals surface area contributed by atoms with Gasteiger partial charge in [-0.15, -0.1) is 0 Å². The van der Waals surface area contributed by atoms with E-state index in [1.807, 2.05) is 18.2 Å².